The van der Waals surface area contributed by atoms with Crippen molar-refractivity contribution in [1.82, 2.24) is 10.6 Å². The van der Waals surface area contributed by atoms with Crippen molar-refractivity contribution in [2.75, 3.05) is 6.61 Å². The van der Waals surface area contributed by atoms with Crippen molar-refractivity contribution in [3.63, 3.8) is 0 Å². The van der Waals surface area contributed by atoms with Gasteiger partial charge in [0.05, 0.1) is 16.5 Å². The average Bonchev–Trinajstić information content (AvgIpc) is 3.50. The molecule has 0 aliphatic heterocycles. The van der Waals surface area contributed by atoms with Crippen LogP contribution in [0, 0.1) is 0 Å². The normalized spacial score (nSPS) is 23.9. The monoisotopic (exact) mass is 450 g/mol. The highest BCUT2D eigenvalue weighted by Crippen LogP contribution is 2.49. The van der Waals surface area contributed by atoms with Crippen LogP contribution in [0.5, 0.6) is 0 Å². The number of alkyl halides is 1. The van der Waals surface area contributed by atoms with Gasteiger partial charge < -0.3 is 15.4 Å². The van der Waals surface area contributed by atoms with Crippen molar-refractivity contribution < 1.29 is 18.7 Å². The molecule has 0 spiro atoms. The first-order valence-corrected chi connectivity index (χ1v) is 10.5. The first-order valence-electron chi connectivity index (χ1n) is 9.76. The fourth-order valence-electron chi connectivity index (χ4n) is 3.57. The number of hydrogen-bond acceptors (Lipinski definition) is 3. The number of allylic oxidation sites excluding steroid dienone is 4. The highest BCUT2D eigenvalue weighted by atomic mass is 35.5. The van der Waals surface area contributed by atoms with Gasteiger partial charge in [0.1, 0.15) is 11.9 Å². The fourth-order valence-corrected chi connectivity index (χ4v) is 3.84. The van der Waals surface area contributed by atoms with E-state index in [-0.39, 0.29) is 35.9 Å². The van der Waals surface area contributed by atoms with E-state index in [0.29, 0.717) is 17.2 Å². The number of rotatable bonds is 7. The van der Waals surface area contributed by atoms with Crippen LogP contribution < -0.4 is 10.6 Å². The minimum absolute atomic E-state index is 0.0253. The summed E-state index contributed by atoms with van der Waals surface area (Å²) in [5.74, 6) is 0.0513. The summed E-state index contributed by atoms with van der Waals surface area (Å²) in [7, 11) is 0. The van der Waals surface area contributed by atoms with Crippen LogP contribution in [0.3, 0.4) is 0 Å². The standard InChI is InChI=1S/C22H21Cl2FN2O3/c23-14-3-1-13(2-4-14)22(7-8-22)21(29)27-16-9-15(10-16)26-20(28)12-30-17-5-6-18(24)19(25)11-17/h1-6,9,15,19H,7-8,10-12H2,(H,26,28)(H,27,29). The Labute approximate surface area is 183 Å². The molecule has 158 valence electrons. The Kier molecular flexibility index (Phi) is 5.89. The zero-order valence-electron chi connectivity index (χ0n) is 16.1. The topological polar surface area (TPSA) is 67.4 Å². The highest BCUT2D eigenvalue weighted by molar-refractivity contribution is 6.30. The van der Waals surface area contributed by atoms with Gasteiger partial charge in [-0.3, -0.25) is 9.59 Å². The van der Waals surface area contributed by atoms with Crippen molar-refractivity contribution in [3.8, 4) is 0 Å². The molecule has 1 aromatic carbocycles. The second kappa shape index (κ2) is 8.44. The average molecular weight is 451 g/mol. The lowest BCUT2D eigenvalue weighted by atomic mass is 9.93. The number of nitrogens with one attached hydrogen (secondary N) is 2. The molecule has 30 heavy (non-hydrogen) atoms. The second-order valence-corrected chi connectivity index (χ2v) is 8.63. The van der Waals surface area contributed by atoms with Crippen LogP contribution in [0.15, 0.2) is 59.0 Å². The molecule has 2 unspecified atom stereocenters. The van der Waals surface area contributed by atoms with Crippen molar-refractivity contribution in [1.29, 1.82) is 0 Å². The van der Waals surface area contributed by atoms with E-state index in [1.165, 1.54) is 6.08 Å². The summed E-state index contributed by atoms with van der Waals surface area (Å²) in [6.45, 7) is -0.199. The Hall–Kier alpha value is -2.31. The van der Waals surface area contributed by atoms with E-state index in [0.717, 1.165) is 24.1 Å². The number of hydrogen-bond donors (Lipinski definition) is 2. The van der Waals surface area contributed by atoms with E-state index < -0.39 is 11.6 Å². The van der Waals surface area contributed by atoms with Crippen LogP contribution in [0.1, 0.15) is 31.2 Å². The molecule has 3 aliphatic rings. The molecule has 0 radical (unpaired) electrons. The zero-order chi connectivity index (χ0) is 21.3. The third kappa shape index (κ3) is 4.55. The SMILES string of the molecule is O=C(COC1=CC=C(Cl)C(F)C1)NC1C=C(NC(=O)C2(c3ccc(Cl)cc3)CC2)C1. The molecular weight excluding hydrogens is 430 g/mol. The van der Waals surface area contributed by atoms with Gasteiger partial charge >= 0.3 is 0 Å². The van der Waals surface area contributed by atoms with Gasteiger partial charge in [-0.25, -0.2) is 4.39 Å². The van der Waals surface area contributed by atoms with Crippen LogP contribution >= 0.6 is 23.2 Å². The van der Waals surface area contributed by atoms with Crippen LogP contribution in [-0.2, 0) is 19.7 Å². The van der Waals surface area contributed by atoms with Gasteiger partial charge in [-0.2, -0.15) is 0 Å². The van der Waals surface area contributed by atoms with Gasteiger partial charge in [-0.05, 0) is 48.8 Å². The molecule has 2 N–H and O–H groups in total. The molecule has 0 saturated heterocycles. The van der Waals surface area contributed by atoms with Gasteiger partial charge in [0, 0.05) is 23.6 Å². The Morgan fingerprint density at radius 3 is 2.47 bits per heavy atom. The van der Waals surface area contributed by atoms with Crippen LogP contribution in [-0.4, -0.2) is 30.6 Å². The van der Waals surface area contributed by atoms with Crippen LogP contribution in [0.25, 0.3) is 0 Å². The number of carbonyl (C=O) groups excluding carboxylic acids is 2. The van der Waals surface area contributed by atoms with Crippen molar-refractivity contribution in [2.45, 2.75) is 43.3 Å². The van der Waals surface area contributed by atoms with Gasteiger partial charge in [0.2, 0.25) is 5.91 Å². The molecule has 1 aromatic rings. The van der Waals surface area contributed by atoms with E-state index in [4.69, 9.17) is 27.9 Å². The lowest BCUT2D eigenvalue weighted by molar-refractivity contribution is -0.125. The molecular formula is C22H21Cl2FN2O3. The maximum Gasteiger partial charge on any atom is 0.258 e. The minimum Gasteiger partial charge on any atom is -0.488 e. The van der Waals surface area contributed by atoms with Crippen LogP contribution in [0.4, 0.5) is 4.39 Å². The molecule has 5 nitrogen and oxygen atoms in total. The summed E-state index contributed by atoms with van der Waals surface area (Å²) in [6.07, 6.45) is 5.70. The Balaban J connectivity index is 1.23. The second-order valence-electron chi connectivity index (χ2n) is 7.76. The lowest BCUT2D eigenvalue weighted by Crippen LogP contribution is -2.45. The fraction of sp³-hybridized carbons (Fsp3) is 0.364. The molecule has 1 fully saturated rings. The first kappa shape index (κ1) is 20.9. The summed E-state index contributed by atoms with van der Waals surface area (Å²) in [6, 6.07) is 7.21. The van der Waals surface area contributed by atoms with Gasteiger partial charge in [-0.1, -0.05) is 35.3 Å². The quantitative estimate of drug-likeness (QED) is 0.658. The molecule has 2 atom stereocenters. The van der Waals surface area contributed by atoms with Gasteiger partial charge in [0.25, 0.3) is 5.91 Å². The smallest absolute Gasteiger partial charge is 0.258 e. The van der Waals surface area contributed by atoms with E-state index in [9.17, 15) is 14.0 Å². The molecule has 0 bridgehead atoms. The van der Waals surface area contributed by atoms with Gasteiger partial charge in [0.15, 0.2) is 6.61 Å². The first-order chi connectivity index (χ1) is 14.4. The minimum atomic E-state index is -1.29. The molecule has 4 rings (SSSR count). The maximum absolute atomic E-state index is 13.5. The summed E-state index contributed by atoms with van der Waals surface area (Å²) < 4.78 is 18.9. The summed E-state index contributed by atoms with van der Waals surface area (Å²) in [5.41, 5.74) is 1.28. The summed E-state index contributed by atoms with van der Waals surface area (Å²) in [4.78, 5) is 24.7. The van der Waals surface area contributed by atoms with E-state index in [2.05, 4.69) is 10.6 Å². The molecule has 3 aliphatic carbocycles. The van der Waals surface area contributed by atoms with Crippen molar-refractivity contribution >= 4 is 35.0 Å². The Morgan fingerprint density at radius 2 is 1.83 bits per heavy atom. The van der Waals surface area contributed by atoms with Gasteiger partial charge in [-0.15, -0.1) is 0 Å². The molecule has 2 amide bonds. The van der Waals surface area contributed by atoms with E-state index in [1.807, 2.05) is 18.2 Å². The van der Waals surface area contributed by atoms with Crippen LogP contribution in [0.2, 0.25) is 5.02 Å². The lowest BCUT2D eigenvalue weighted by Gasteiger charge is -2.28. The number of ether oxygens (including phenoxy) is 1. The third-order valence-electron chi connectivity index (χ3n) is 5.54. The molecule has 1 saturated carbocycles. The summed E-state index contributed by atoms with van der Waals surface area (Å²) in [5, 5.41) is 6.54. The molecule has 0 heterocycles. The maximum atomic E-state index is 13.5. The number of carbonyl (C=O) groups is 2. The Bertz CT molecular complexity index is 952. The Morgan fingerprint density at radius 1 is 1.13 bits per heavy atom. The number of amides is 2. The predicted octanol–water partition coefficient (Wildman–Crippen LogP) is 4.03. The molecule has 8 heteroatoms. The third-order valence-corrected chi connectivity index (χ3v) is 6.16. The highest BCUT2D eigenvalue weighted by Gasteiger charge is 2.51. The van der Waals surface area contributed by atoms with E-state index in [1.54, 1.807) is 18.2 Å². The number of benzene rings is 1. The van der Waals surface area contributed by atoms with E-state index >= 15 is 0 Å². The zero-order valence-corrected chi connectivity index (χ0v) is 17.6. The largest absolute Gasteiger partial charge is 0.488 e. The summed E-state index contributed by atoms with van der Waals surface area (Å²) >= 11 is 11.6. The molecule has 0 aromatic heterocycles. The predicted molar refractivity (Wildman–Crippen MR) is 113 cm³/mol. The van der Waals surface area contributed by atoms with Crippen molar-refractivity contribution in [3.05, 3.63) is 69.6 Å². The number of halogens is 3. The van der Waals surface area contributed by atoms with Crippen molar-refractivity contribution in [2.24, 2.45) is 0 Å².